The largest absolute Gasteiger partial charge is 0.346 e. The molecule has 1 aliphatic heterocycles. The van der Waals surface area contributed by atoms with Crippen LogP contribution in [0.5, 0.6) is 0 Å². The van der Waals surface area contributed by atoms with Crippen LogP contribution in [0.3, 0.4) is 0 Å². The van der Waals surface area contributed by atoms with Crippen molar-refractivity contribution in [1.29, 1.82) is 0 Å². The number of nitrogens with zero attached hydrogens (tertiary/aromatic N) is 3. The van der Waals surface area contributed by atoms with E-state index in [4.69, 9.17) is 0 Å². The Kier molecular flexibility index (Phi) is 4.97. The lowest BCUT2D eigenvalue weighted by Gasteiger charge is -2.35. The van der Waals surface area contributed by atoms with Crippen molar-refractivity contribution in [2.24, 2.45) is 5.92 Å². The number of thiazole rings is 1. The van der Waals surface area contributed by atoms with Gasteiger partial charge in [0.25, 0.3) is 0 Å². The van der Waals surface area contributed by atoms with Gasteiger partial charge in [0.15, 0.2) is 5.13 Å². The average Bonchev–Trinajstić information content (AvgIpc) is 2.78. The zero-order valence-corrected chi connectivity index (χ0v) is 12.5. The Morgan fingerprint density at radius 2 is 2.06 bits per heavy atom. The third-order valence-corrected chi connectivity index (χ3v) is 4.11. The molecule has 0 bridgehead atoms. The van der Waals surface area contributed by atoms with Crippen molar-refractivity contribution in [2.75, 3.05) is 44.7 Å². The second kappa shape index (κ2) is 6.50. The minimum Gasteiger partial charge on any atom is -0.346 e. The van der Waals surface area contributed by atoms with Crippen molar-refractivity contribution in [1.82, 2.24) is 15.2 Å². The standard InChI is InChI=1S/C13H24N4S/c1-11(2)9-16-4-6-17(7-5-16)13-15-12(8-14-3)10-18-13/h10-11,14H,4-9H2,1-3H3. The van der Waals surface area contributed by atoms with Gasteiger partial charge in [0.05, 0.1) is 5.69 Å². The lowest BCUT2D eigenvalue weighted by Crippen LogP contribution is -2.47. The van der Waals surface area contributed by atoms with E-state index in [1.807, 2.05) is 7.05 Å². The number of nitrogens with one attached hydrogen (secondary N) is 1. The Morgan fingerprint density at radius 1 is 1.33 bits per heavy atom. The lowest BCUT2D eigenvalue weighted by atomic mass is 10.2. The average molecular weight is 268 g/mol. The van der Waals surface area contributed by atoms with E-state index >= 15 is 0 Å². The zero-order valence-electron chi connectivity index (χ0n) is 11.6. The molecule has 1 aromatic rings. The van der Waals surface area contributed by atoms with Crippen molar-refractivity contribution in [3.05, 3.63) is 11.1 Å². The summed E-state index contributed by atoms with van der Waals surface area (Å²) in [5.74, 6) is 0.763. The second-order valence-electron chi connectivity index (χ2n) is 5.33. The third kappa shape index (κ3) is 3.67. The Balaban J connectivity index is 1.84. The van der Waals surface area contributed by atoms with Crippen LogP contribution in [0.15, 0.2) is 5.38 Å². The number of aromatic nitrogens is 1. The van der Waals surface area contributed by atoms with Crippen LogP contribution in [-0.4, -0.2) is 49.7 Å². The number of anilines is 1. The topological polar surface area (TPSA) is 31.4 Å². The van der Waals surface area contributed by atoms with Crippen molar-refractivity contribution in [3.63, 3.8) is 0 Å². The molecule has 18 heavy (non-hydrogen) atoms. The minimum absolute atomic E-state index is 0.763. The maximum Gasteiger partial charge on any atom is 0.185 e. The molecule has 0 aromatic carbocycles. The first-order valence-corrected chi connectivity index (χ1v) is 7.63. The first-order chi connectivity index (χ1) is 8.69. The van der Waals surface area contributed by atoms with Gasteiger partial charge >= 0.3 is 0 Å². The predicted octanol–water partition coefficient (Wildman–Crippen LogP) is 1.64. The van der Waals surface area contributed by atoms with E-state index in [2.05, 4.69) is 39.3 Å². The van der Waals surface area contributed by atoms with Gasteiger partial charge in [-0.15, -0.1) is 11.3 Å². The van der Waals surface area contributed by atoms with E-state index in [0.717, 1.165) is 31.2 Å². The number of hydrogen-bond donors (Lipinski definition) is 1. The van der Waals surface area contributed by atoms with Gasteiger partial charge in [-0.05, 0) is 13.0 Å². The monoisotopic (exact) mass is 268 g/mol. The second-order valence-corrected chi connectivity index (χ2v) is 6.17. The molecule has 1 N–H and O–H groups in total. The first-order valence-electron chi connectivity index (χ1n) is 6.75. The Hall–Kier alpha value is -0.650. The van der Waals surface area contributed by atoms with Gasteiger partial charge in [0.1, 0.15) is 0 Å². The summed E-state index contributed by atoms with van der Waals surface area (Å²) in [7, 11) is 1.96. The molecule has 1 aliphatic rings. The van der Waals surface area contributed by atoms with Crippen LogP contribution < -0.4 is 10.2 Å². The molecule has 0 unspecified atom stereocenters. The summed E-state index contributed by atoms with van der Waals surface area (Å²) in [6.07, 6.45) is 0. The maximum atomic E-state index is 4.67. The van der Waals surface area contributed by atoms with Gasteiger partial charge in [-0.25, -0.2) is 4.98 Å². The van der Waals surface area contributed by atoms with Gasteiger partial charge in [0.2, 0.25) is 0 Å². The summed E-state index contributed by atoms with van der Waals surface area (Å²) in [4.78, 5) is 9.65. The van der Waals surface area contributed by atoms with E-state index in [9.17, 15) is 0 Å². The molecule has 0 radical (unpaired) electrons. The Labute approximate surface area is 114 Å². The fourth-order valence-electron chi connectivity index (χ4n) is 2.34. The molecule has 0 amide bonds. The van der Waals surface area contributed by atoms with E-state index in [-0.39, 0.29) is 0 Å². The quantitative estimate of drug-likeness (QED) is 0.880. The summed E-state index contributed by atoms with van der Waals surface area (Å²) >= 11 is 1.77. The highest BCUT2D eigenvalue weighted by molar-refractivity contribution is 7.13. The molecule has 102 valence electrons. The predicted molar refractivity (Wildman–Crippen MR) is 78.4 cm³/mol. The molecule has 1 fully saturated rings. The molecule has 0 spiro atoms. The molecule has 5 heteroatoms. The van der Waals surface area contributed by atoms with Crippen molar-refractivity contribution < 1.29 is 0 Å². The lowest BCUT2D eigenvalue weighted by molar-refractivity contribution is 0.231. The van der Waals surface area contributed by atoms with E-state index in [1.54, 1.807) is 11.3 Å². The third-order valence-electron chi connectivity index (χ3n) is 3.16. The fraction of sp³-hybridized carbons (Fsp3) is 0.769. The Morgan fingerprint density at radius 3 is 2.67 bits per heavy atom. The number of rotatable bonds is 5. The van der Waals surface area contributed by atoms with Crippen LogP contribution >= 0.6 is 11.3 Å². The van der Waals surface area contributed by atoms with Crippen molar-refractivity contribution in [3.8, 4) is 0 Å². The van der Waals surface area contributed by atoms with Crippen LogP contribution in [0.4, 0.5) is 5.13 Å². The SMILES string of the molecule is CNCc1csc(N2CCN(CC(C)C)CC2)n1. The van der Waals surface area contributed by atoms with Gasteiger partial charge in [-0.2, -0.15) is 0 Å². The number of hydrogen-bond acceptors (Lipinski definition) is 5. The molecule has 2 heterocycles. The molecular weight excluding hydrogens is 244 g/mol. The molecule has 0 aliphatic carbocycles. The van der Waals surface area contributed by atoms with Gasteiger partial charge < -0.3 is 10.2 Å². The molecule has 2 rings (SSSR count). The van der Waals surface area contributed by atoms with Gasteiger partial charge in [-0.3, -0.25) is 4.90 Å². The zero-order chi connectivity index (χ0) is 13.0. The van der Waals surface area contributed by atoms with Crippen molar-refractivity contribution >= 4 is 16.5 Å². The molecule has 1 saturated heterocycles. The summed E-state index contributed by atoms with van der Waals surface area (Å²) < 4.78 is 0. The first kappa shape index (κ1) is 13.8. The van der Waals surface area contributed by atoms with Gasteiger partial charge in [0, 0.05) is 44.6 Å². The maximum absolute atomic E-state index is 4.67. The van der Waals surface area contributed by atoms with Crippen LogP contribution in [0.25, 0.3) is 0 Å². The summed E-state index contributed by atoms with van der Waals surface area (Å²) in [5, 5.41) is 6.49. The van der Waals surface area contributed by atoms with E-state index < -0.39 is 0 Å². The fourth-order valence-corrected chi connectivity index (χ4v) is 3.22. The Bertz CT molecular complexity index is 356. The highest BCUT2D eigenvalue weighted by Crippen LogP contribution is 2.22. The minimum atomic E-state index is 0.763. The summed E-state index contributed by atoms with van der Waals surface area (Å²) in [6, 6.07) is 0. The van der Waals surface area contributed by atoms with Crippen LogP contribution in [-0.2, 0) is 6.54 Å². The number of piperazine rings is 1. The smallest absolute Gasteiger partial charge is 0.185 e. The molecule has 0 saturated carbocycles. The van der Waals surface area contributed by atoms with Crippen LogP contribution in [0.1, 0.15) is 19.5 Å². The summed E-state index contributed by atoms with van der Waals surface area (Å²) in [6.45, 7) is 11.2. The molecule has 1 aromatic heterocycles. The van der Waals surface area contributed by atoms with Crippen molar-refractivity contribution in [2.45, 2.75) is 20.4 Å². The van der Waals surface area contributed by atoms with E-state index in [0.29, 0.717) is 0 Å². The highest BCUT2D eigenvalue weighted by atomic mass is 32.1. The molecule has 4 nitrogen and oxygen atoms in total. The molecular formula is C13H24N4S. The van der Waals surface area contributed by atoms with Gasteiger partial charge in [-0.1, -0.05) is 13.8 Å². The highest BCUT2D eigenvalue weighted by Gasteiger charge is 2.19. The van der Waals surface area contributed by atoms with Crippen LogP contribution in [0, 0.1) is 5.92 Å². The normalized spacial score (nSPS) is 17.7. The summed E-state index contributed by atoms with van der Waals surface area (Å²) in [5.41, 5.74) is 1.15. The van der Waals surface area contributed by atoms with E-state index in [1.165, 1.54) is 24.8 Å². The molecule has 0 atom stereocenters. The van der Waals surface area contributed by atoms with Crippen LogP contribution in [0.2, 0.25) is 0 Å².